The van der Waals surface area contributed by atoms with E-state index in [1.54, 1.807) is 6.07 Å². The number of halogens is 4. The van der Waals surface area contributed by atoms with Crippen LogP contribution in [0.1, 0.15) is 0 Å². The second-order valence-electron chi connectivity index (χ2n) is 2.97. The molecule has 0 unspecified atom stereocenters. The maximum atomic E-state index is 13.0. The van der Waals surface area contributed by atoms with E-state index in [1.807, 2.05) is 0 Å². The highest BCUT2D eigenvalue weighted by molar-refractivity contribution is 9.10. The van der Waals surface area contributed by atoms with Gasteiger partial charge in [-0.15, -0.1) is 10.2 Å². The van der Waals surface area contributed by atoms with E-state index in [0.717, 1.165) is 0 Å². The third-order valence-corrected chi connectivity index (χ3v) is 2.82. The number of nitrogens with zero attached hydrogens (tertiary/aromatic N) is 3. The van der Waals surface area contributed by atoms with Crippen molar-refractivity contribution in [3.8, 4) is 0 Å². The third kappa shape index (κ3) is 3.02. The van der Waals surface area contributed by atoms with Crippen LogP contribution in [-0.2, 0) is 0 Å². The Balaban J connectivity index is 2.31. The van der Waals surface area contributed by atoms with E-state index >= 15 is 0 Å². The van der Waals surface area contributed by atoms with E-state index in [-0.39, 0.29) is 22.1 Å². The van der Waals surface area contributed by atoms with Crippen LogP contribution in [0.4, 0.5) is 15.9 Å². The fourth-order valence-corrected chi connectivity index (χ4v) is 1.71. The number of benzene rings is 1. The van der Waals surface area contributed by atoms with Crippen LogP contribution < -0.4 is 5.32 Å². The van der Waals surface area contributed by atoms with E-state index in [4.69, 9.17) is 23.2 Å². The summed E-state index contributed by atoms with van der Waals surface area (Å²) in [5.41, 5.74) is 0.594. The number of hydrogen-bond acceptors (Lipinski definition) is 4. The van der Waals surface area contributed by atoms with Gasteiger partial charge in [-0.05, 0) is 45.7 Å². The van der Waals surface area contributed by atoms with Crippen LogP contribution in [0.15, 0.2) is 22.7 Å². The number of nitrogens with one attached hydrogen (secondary N) is 1. The lowest BCUT2D eigenvalue weighted by atomic mass is 10.3. The molecule has 0 saturated heterocycles. The number of anilines is 2. The van der Waals surface area contributed by atoms with Gasteiger partial charge in [-0.25, -0.2) is 4.39 Å². The Labute approximate surface area is 114 Å². The van der Waals surface area contributed by atoms with Gasteiger partial charge in [0.05, 0.1) is 4.47 Å². The molecule has 1 heterocycles. The fraction of sp³-hybridized carbons (Fsp3) is 0. The largest absolute Gasteiger partial charge is 0.337 e. The first-order valence-corrected chi connectivity index (χ1v) is 5.89. The molecule has 1 N–H and O–H groups in total. The molecular formula is C9H4BrCl2FN4. The van der Waals surface area contributed by atoms with Crippen LogP contribution in [0, 0.1) is 5.82 Å². The van der Waals surface area contributed by atoms with Crippen molar-refractivity contribution in [2.75, 3.05) is 5.32 Å². The van der Waals surface area contributed by atoms with Gasteiger partial charge >= 0.3 is 0 Å². The normalized spacial score (nSPS) is 10.4. The summed E-state index contributed by atoms with van der Waals surface area (Å²) in [6, 6.07) is 4.38. The molecule has 1 aromatic carbocycles. The summed E-state index contributed by atoms with van der Waals surface area (Å²) in [5.74, 6) is -0.106. The average molecular weight is 338 g/mol. The van der Waals surface area contributed by atoms with Crippen LogP contribution in [0.3, 0.4) is 0 Å². The van der Waals surface area contributed by atoms with Gasteiger partial charge in [-0.3, -0.25) is 0 Å². The van der Waals surface area contributed by atoms with E-state index in [9.17, 15) is 4.39 Å². The monoisotopic (exact) mass is 336 g/mol. The maximum absolute atomic E-state index is 13.0. The minimum absolute atomic E-state index is 0.0296. The summed E-state index contributed by atoms with van der Waals surface area (Å²) in [7, 11) is 0. The van der Waals surface area contributed by atoms with Gasteiger partial charge in [0.15, 0.2) is 11.0 Å². The molecule has 0 amide bonds. The molecule has 0 saturated carbocycles. The highest BCUT2D eigenvalue weighted by Gasteiger charge is 2.07. The molecule has 0 radical (unpaired) electrons. The zero-order chi connectivity index (χ0) is 12.4. The summed E-state index contributed by atoms with van der Waals surface area (Å²) in [6.45, 7) is 0. The van der Waals surface area contributed by atoms with Gasteiger partial charge in [-0.1, -0.05) is 11.6 Å². The van der Waals surface area contributed by atoms with Crippen molar-refractivity contribution >= 4 is 50.6 Å². The molecule has 8 heteroatoms. The Morgan fingerprint density at radius 2 is 2.00 bits per heavy atom. The van der Waals surface area contributed by atoms with Crippen LogP contribution in [0.2, 0.25) is 10.4 Å². The van der Waals surface area contributed by atoms with Crippen molar-refractivity contribution in [1.29, 1.82) is 0 Å². The molecule has 0 aliphatic heterocycles. The molecule has 0 aliphatic carbocycles. The highest BCUT2D eigenvalue weighted by atomic mass is 79.9. The van der Waals surface area contributed by atoms with Crippen molar-refractivity contribution in [3.05, 3.63) is 38.9 Å². The minimum atomic E-state index is -0.361. The second-order valence-corrected chi connectivity index (χ2v) is 4.52. The molecule has 17 heavy (non-hydrogen) atoms. The summed E-state index contributed by atoms with van der Waals surface area (Å²) in [6.07, 6.45) is 0. The van der Waals surface area contributed by atoms with Crippen molar-refractivity contribution < 1.29 is 4.39 Å². The second kappa shape index (κ2) is 5.12. The van der Waals surface area contributed by atoms with Gasteiger partial charge in [-0.2, -0.15) is 4.98 Å². The molecule has 88 valence electrons. The Bertz CT molecular complexity index is 567. The minimum Gasteiger partial charge on any atom is -0.337 e. The van der Waals surface area contributed by atoms with E-state index in [0.29, 0.717) is 10.2 Å². The lowest BCUT2D eigenvalue weighted by Crippen LogP contribution is -1.99. The standard InChI is InChI=1S/C9H4BrCl2FN4/c10-5-3-4(1-2-6(5)13)14-8-7(11)16-17-9(12)15-8/h1-3H,(H,14,15,17). The molecule has 4 nitrogen and oxygen atoms in total. The van der Waals surface area contributed by atoms with Crippen molar-refractivity contribution in [2.45, 2.75) is 0 Å². The zero-order valence-corrected chi connectivity index (χ0v) is 11.2. The Kier molecular flexibility index (Phi) is 3.76. The zero-order valence-electron chi connectivity index (χ0n) is 8.09. The molecule has 0 spiro atoms. The Morgan fingerprint density at radius 3 is 2.71 bits per heavy atom. The van der Waals surface area contributed by atoms with E-state index in [2.05, 4.69) is 36.4 Å². The van der Waals surface area contributed by atoms with Crippen molar-refractivity contribution in [2.24, 2.45) is 0 Å². The molecule has 0 bridgehead atoms. The van der Waals surface area contributed by atoms with Gasteiger partial charge < -0.3 is 5.32 Å². The molecular weight excluding hydrogens is 334 g/mol. The molecule has 2 aromatic rings. The Morgan fingerprint density at radius 1 is 1.24 bits per heavy atom. The Hall–Kier alpha value is -0.980. The van der Waals surface area contributed by atoms with Gasteiger partial charge in [0.1, 0.15) is 5.82 Å². The maximum Gasteiger partial charge on any atom is 0.245 e. The first kappa shape index (κ1) is 12.5. The van der Waals surface area contributed by atoms with Crippen LogP contribution in [0.25, 0.3) is 0 Å². The predicted octanol–water partition coefficient (Wildman–Crippen LogP) is 3.82. The first-order chi connectivity index (χ1) is 8.06. The lowest BCUT2D eigenvalue weighted by Gasteiger charge is -2.06. The highest BCUT2D eigenvalue weighted by Crippen LogP contribution is 2.25. The summed E-state index contributed by atoms with van der Waals surface area (Å²) >= 11 is 14.4. The molecule has 0 aliphatic rings. The van der Waals surface area contributed by atoms with Crippen LogP contribution in [-0.4, -0.2) is 15.2 Å². The molecule has 1 aromatic heterocycles. The number of rotatable bonds is 2. The van der Waals surface area contributed by atoms with Gasteiger partial charge in [0, 0.05) is 5.69 Å². The summed E-state index contributed by atoms with van der Waals surface area (Å²) < 4.78 is 13.3. The molecule has 0 fully saturated rings. The smallest absolute Gasteiger partial charge is 0.245 e. The molecule has 2 rings (SSSR count). The number of hydrogen-bond donors (Lipinski definition) is 1. The van der Waals surface area contributed by atoms with Crippen molar-refractivity contribution in [3.63, 3.8) is 0 Å². The fourth-order valence-electron chi connectivity index (χ4n) is 1.08. The number of aromatic nitrogens is 3. The lowest BCUT2D eigenvalue weighted by molar-refractivity contribution is 0.621. The predicted molar refractivity (Wildman–Crippen MR) is 67.2 cm³/mol. The summed E-state index contributed by atoms with van der Waals surface area (Å²) in [5, 5.41) is 9.97. The molecule has 0 atom stereocenters. The van der Waals surface area contributed by atoms with E-state index in [1.165, 1.54) is 12.1 Å². The van der Waals surface area contributed by atoms with Crippen LogP contribution >= 0.6 is 39.1 Å². The SMILES string of the molecule is Fc1ccc(Nc2nc(Cl)nnc2Cl)cc1Br. The van der Waals surface area contributed by atoms with Crippen molar-refractivity contribution in [1.82, 2.24) is 15.2 Å². The van der Waals surface area contributed by atoms with Gasteiger partial charge in [0.25, 0.3) is 0 Å². The summed E-state index contributed by atoms with van der Waals surface area (Å²) in [4.78, 5) is 3.86. The van der Waals surface area contributed by atoms with Gasteiger partial charge in [0.2, 0.25) is 5.28 Å². The third-order valence-electron chi connectivity index (χ3n) is 1.80. The first-order valence-electron chi connectivity index (χ1n) is 4.34. The van der Waals surface area contributed by atoms with Crippen LogP contribution in [0.5, 0.6) is 0 Å². The van der Waals surface area contributed by atoms with E-state index < -0.39 is 0 Å². The average Bonchev–Trinajstić information content (AvgIpc) is 2.29. The topological polar surface area (TPSA) is 50.7 Å². The quantitative estimate of drug-likeness (QED) is 0.905.